The van der Waals surface area contributed by atoms with Crippen LogP contribution in [0.25, 0.3) is 0 Å². The number of aromatic nitrogens is 2. The number of methoxy groups -OCH3 is 2. The van der Waals surface area contributed by atoms with E-state index >= 15 is 0 Å². The third kappa shape index (κ3) is 3.08. The van der Waals surface area contributed by atoms with E-state index in [-0.39, 0.29) is 5.78 Å². The lowest BCUT2D eigenvalue weighted by molar-refractivity contribution is 0.102. The van der Waals surface area contributed by atoms with Crippen molar-refractivity contribution in [2.45, 2.75) is 6.54 Å². The number of rotatable bonds is 6. The summed E-state index contributed by atoms with van der Waals surface area (Å²) in [6.07, 6.45) is 1.58. The summed E-state index contributed by atoms with van der Waals surface area (Å²) in [6.45, 7) is 0.940. The number of ketones is 1. The van der Waals surface area contributed by atoms with Crippen LogP contribution in [0.3, 0.4) is 0 Å². The minimum Gasteiger partial charge on any atom is -0.495 e. The van der Waals surface area contributed by atoms with Gasteiger partial charge in [-0.25, -0.2) is 0 Å². The normalized spacial score (nSPS) is 10.6. The van der Waals surface area contributed by atoms with Crippen LogP contribution in [0.4, 0.5) is 5.69 Å². The molecule has 1 heterocycles. The first kappa shape index (κ1) is 15.5. The molecule has 1 aromatic heterocycles. The van der Waals surface area contributed by atoms with Gasteiger partial charge in [-0.1, -0.05) is 6.07 Å². The summed E-state index contributed by atoms with van der Waals surface area (Å²) >= 11 is 3.35. The van der Waals surface area contributed by atoms with Gasteiger partial charge in [-0.2, -0.15) is 5.10 Å². The van der Waals surface area contributed by atoms with Gasteiger partial charge in [-0.05, 0) is 28.1 Å². The minimum atomic E-state index is -0.216. The van der Waals surface area contributed by atoms with E-state index in [2.05, 4.69) is 21.0 Å². The van der Waals surface area contributed by atoms with Crippen LogP contribution in [-0.4, -0.2) is 36.4 Å². The van der Waals surface area contributed by atoms with E-state index in [0.29, 0.717) is 40.3 Å². The maximum atomic E-state index is 12.7. The van der Waals surface area contributed by atoms with Gasteiger partial charge in [0.15, 0.2) is 0 Å². The van der Waals surface area contributed by atoms with Crippen LogP contribution >= 0.6 is 15.9 Å². The number of ether oxygens (including phenoxy) is 2. The third-order valence-corrected chi connectivity index (χ3v) is 3.63. The molecular weight excluding hydrogens is 338 g/mol. The molecule has 7 heteroatoms. The van der Waals surface area contributed by atoms with Crippen molar-refractivity contribution in [3.05, 3.63) is 40.1 Å². The Morgan fingerprint density at radius 3 is 2.86 bits per heavy atom. The Hall–Kier alpha value is -1.86. The molecule has 0 amide bonds. The monoisotopic (exact) mass is 353 g/mol. The minimum absolute atomic E-state index is 0.216. The van der Waals surface area contributed by atoms with Crippen molar-refractivity contribution in [1.29, 1.82) is 0 Å². The lowest BCUT2D eigenvalue weighted by atomic mass is 10.1. The highest BCUT2D eigenvalue weighted by atomic mass is 79.9. The Morgan fingerprint density at radius 1 is 1.43 bits per heavy atom. The number of halogens is 1. The van der Waals surface area contributed by atoms with Crippen molar-refractivity contribution in [1.82, 2.24) is 9.78 Å². The molecule has 2 rings (SSSR count). The van der Waals surface area contributed by atoms with Gasteiger partial charge in [-0.15, -0.1) is 0 Å². The highest BCUT2D eigenvalue weighted by molar-refractivity contribution is 9.10. The molecule has 0 aliphatic carbocycles. The zero-order valence-corrected chi connectivity index (χ0v) is 13.4. The molecule has 0 atom stereocenters. The average Bonchev–Trinajstić information content (AvgIpc) is 2.85. The second-order valence-electron chi connectivity index (χ2n) is 4.31. The average molecular weight is 354 g/mol. The summed E-state index contributed by atoms with van der Waals surface area (Å²) < 4.78 is 12.4. The molecule has 0 saturated heterocycles. The van der Waals surface area contributed by atoms with E-state index in [9.17, 15) is 4.79 Å². The van der Waals surface area contributed by atoms with E-state index < -0.39 is 0 Å². The standard InChI is InChI=1S/C14H16BrN3O3/c1-20-7-6-18-13(10(15)8-17-18)14(19)9-4-3-5-11(21-2)12(9)16/h3-5,8H,6-7,16H2,1-2H3. The predicted molar refractivity (Wildman–Crippen MR) is 82.6 cm³/mol. The fourth-order valence-electron chi connectivity index (χ4n) is 1.98. The smallest absolute Gasteiger partial charge is 0.214 e. The Labute approximate surface area is 131 Å². The van der Waals surface area contributed by atoms with Crippen molar-refractivity contribution >= 4 is 27.4 Å². The van der Waals surface area contributed by atoms with E-state index in [0.717, 1.165) is 0 Å². The Bertz CT molecular complexity index is 655. The van der Waals surface area contributed by atoms with Gasteiger partial charge < -0.3 is 15.2 Å². The summed E-state index contributed by atoms with van der Waals surface area (Å²) in [7, 11) is 3.11. The zero-order chi connectivity index (χ0) is 15.4. The van der Waals surface area contributed by atoms with Gasteiger partial charge in [0.05, 0.1) is 42.2 Å². The first-order chi connectivity index (χ1) is 10.1. The van der Waals surface area contributed by atoms with Crippen LogP contribution in [-0.2, 0) is 11.3 Å². The Balaban J connectivity index is 2.43. The second-order valence-corrected chi connectivity index (χ2v) is 5.16. The topological polar surface area (TPSA) is 79.4 Å². The van der Waals surface area contributed by atoms with Crippen LogP contribution in [0.1, 0.15) is 16.1 Å². The van der Waals surface area contributed by atoms with Gasteiger partial charge in [0.2, 0.25) is 5.78 Å². The first-order valence-electron chi connectivity index (χ1n) is 6.27. The van der Waals surface area contributed by atoms with Crippen LogP contribution in [0.2, 0.25) is 0 Å². The number of nitrogens with zero attached hydrogens (tertiary/aromatic N) is 2. The fraction of sp³-hybridized carbons (Fsp3) is 0.286. The number of anilines is 1. The molecule has 0 radical (unpaired) electrons. The number of benzene rings is 1. The maximum Gasteiger partial charge on any atom is 0.214 e. The van der Waals surface area contributed by atoms with E-state index in [4.69, 9.17) is 15.2 Å². The predicted octanol–water partition coefficient (Wildman–Crippen LogP) is 2.11. The lowest BCUT2D eigenvalue weighted by Crippen LogP contribution is -2.16. The van der Waals surface area contributed by atoms with Gasteiger partial charge in [0, 0.05) is 7.11 Å². The number of para-hydroxylation sites is 1. The van der Waals surface area contributed by atoms with Crippen LogP contribution < -0.4 is 10.5 Å². The molecule has 2 N–H and O–H groups in total. The molecule has 0 fully saturated rings. The molecule has 0 spiro atoms. The number of hydrogen-bond acceptors (Lipinski definition) is 5. The third-order valence-electron chi connectivity index (χ3n) is 3.05. The molecule has 0 saturated carbocycles. The summed E-state index contributed by atoms with van der Waals surface area (Å²) in [5.74, 6) is 0.256. The summed E-state index contributed by atoms with van der Waals surface area (Å²) in [6, 6.07) is 5.11. The second kappa shape index (κ2) is 6.73. The molecule has 2 aromatic rings. The van der Waals surface area contributed by atoms with Crippen LogP contribution in [0, 0.1) is 0 Å². The molecular formula is C14H16BrN3O3. The maximum absolute atomic E-state index is 12.7. The first-order valence-corrected chi connectivity index (χ1v) is 7.06. The van der Waals surface area contributed by atoms with Crippen molar-refractivity contribution in [2.24, 2.45) is 0 Å². The SMILES string of the molecule is COCCn1ncc(Br)c1C(=O)c1cccc(OC)c1N. The van der Waals surface area contributed by atoms with Gasteiger partial charge in [0.1, 0.15) is 11.4 Å². The van der Waals surface area contributed by atoms with Crippen LogP contribution in [0.15, 0.2) is 28.9 Å². The lowest BCUT2D eigenvalue weighted by Gasteiger charge is -2.11. The number of hydrogen-bond donors (Lipinski definition) is 1. The van der Waals surface area contributed by atoms with Crippen molar-refractivity contribution in [3.63, 3.8) is 0 Å². The molecule has 112 valence electrons. The highest BCUT2D eigenvalue weighted by Crippen LogP contribution is 2.28. The zero-order valence-electron chi connectivity index (χ0n) is 11.8. The Morgan fingerprint density at radius 2 is 2.19 bits per heavy atom. The molecule has 0 aliphatic rings. The van der Waals surface area contributed by atoms with E-state index in [1.54, 1.807) is 36.2 Å². The summed E-state index contributed by atoms with van der Waals surface area (Å²) in [5.41, 5.74) is 7.12. The van der Waals surface area contributed by atoms with Gasteiger partial charge in [-0.3, -0.25) is 9.48 Å². The quantitative estimate of drug-likeness (QED) is 0.635. The number of carbonyl (C=O) groups is 1. The van der Waals surface area contributed by atoms with Crippen molar-refractivity contribution < 1.29 is 14.3 Å². The highest BCUT2D eigenvalue weighted by Gasteiger charge is 2.22. The molecule has 0 bridgehead atoms. The summed E-state index contributed by atoms with van der Waals surface area (Å²) in [4.78, 5) is 12.7. The molecule has 21 heavy (non-hydrogen) atoms. The molecule has 0 unspecified atom stereocenters. The number of carbonyl (C=O) groups excluding carboxylic acids is 1. The van der Waals surface area contributed by atoms with E-state index in [1.165, 1.54) is 7.11 Å². The van der Waals surface area contributed by atoms with E-state index in [1.807, 2.05) is 0 Å². The van der Waals surface area contributed by atoms with Crippen molar-refractivity contribution in [2.75, 3.05) is 26.6 Å². The number of nitrogens with two attached hydrogens (primary N) is 1. The fourth-order valence-corrected chi connectivity index (χ4v) is 2.46. The molecule has 6 nitrogen and oxygen atoms in total. The summed E-state index contributed by atoms with van der Waals surface area (Å²) in [5, 5.41) is 4.17. The molecule has 0 aliphatic heterocycles. The number of nitrogen functional groups attached to an aromatic ring is 1. The van der Waals surface area contributed by atoms with Gasteiger partial charge in [0.25, 0.3) is 0 Å². The van der Waals surface area contributed by atoms with Crippen molar-refractivity contribution in [3.8, 4) is 5.75 Å². The van der Waals surface area contributed by atoms with Gasteiger partial charge >= 0.3 is 0 Å². The van der Waals surface area contributed by atoms with Crippen LogP contribution in [0.5, 0.6) is 5.75 Å². The largest absolute Gasteiger partial charge is 0.495 e. The Kier molecular flexibility index (Phi) is 4.98. The molecule has 1 aromatic carbocycles.